The maximum absolute atomic E-state index is 9.09. The normalized spacial score (nSPS) is 53.9. The summed E-state index contributed by atoms with van der Waals surface area (Å²) in [5.41, 5.74) is 1.04. The van der Waals surface area contributed by atoms with Crippen LogP contribution in [-0.2, 0) is 9.47 Å². The maximum atomic E-state index is 9.09. The predicted molar refractivity (Wildman–Crippen MR) is 116 cm³/mol. The molecule has 6 unspecified atom stereocenters. The van der Waals surface area contributed by atoms with E-state index in [4.69, 9.17) is 14.7 Å². The molecule has 0 amide bonds. The Bertz CT molecular complexity index is 738. The average Bonchev–Trinajstić information content (AvgIpc) is 3.31. The third-order valence-electron chi connectivity index (χ3n) is 11.9. The highest BCUT2D eigenvalue weighted by Gasteiger charge is 2.71. The summed E-state index contributed by atoms with van der Waals surface area (Å²) in [6.45, 7) is 9.40. The highest BCUT2D eigenvalue weighted by Crippen LogP contribution is 2.75. The molecule has 0 N–H and O–H groups in total. The zero-order valence-corrected chi connectivity index (χ0v) is 19.4. The van der Waals surface area contributed by atoms with Crippen molar-refractivity contribution in [2.75, 3.05) is 13.2 Å². The topological polar surface area (TPSA) is 42.2 Å². The summed E-state index contributed by atoms with van der Waals surface area (Å²) in [5.74, 6) is 6.58. The summed E-state index contributed by atoms with van der Waals surface area (Å²) < 4.78 is 12.5. The van der Waals surface area contributed by atoms with Crippen LogP contribution in [0.15, 0.2) is 0 Å². The second-order valence-electron chi connectivity index (χ2n) is 12.7. The maximum Gasteiger partial charge on any atom is 0.171 e. The highest BCUT2D eigenvalue weighted by atomic mass is 16.7. The van der Waals surface area contributed by atoms with Crippen molar-refractivity contribution in [1.29, 1.82) is 5.26 Å². The first kappa shape index (κ1) is 20.0. The fourth-order valence-electron chi connectivity index (χ4n) is 10.8. The van der Waals surface area contributed by atoms with E-state index in [1.165, 1.54) is 44.9 Å². The Morgan fingerprint density at radius 1 is 0.933 bits per heavy atom. The third kappa shape index (κ3) is 2.45. The number of nitrogens with zero attached hydrogens (tertiary/aromatic N) is 1. The van der Waals surface area contributed by atoms with Gasteiger partial charge >= 0.3 is 0 Å². The number of rotatable bonds is 3. The number of hydrogen-bond donors (Lipinski definition) is 0. The molecule has 0 aromatic heterocycles. The number of nitriles is 1. The van der Waals surface area contributed by atoms with Gasteiger partial charge in [-0.15, -0.1) is 0 Å². The van der Waals surface area contributed by atoms with Crippen LogP contribution < -0.4 is 0 Å². The quantitative estimate of drug-likeness (QED) is 0.556. The molecular formula is C27H41NO2. The average molecular weight is 412 g/mol. The van der Waals surface area contributed by atoms with Crippen molar-refractivity contribution in [3.63, 3.8) is 0 Å². The van der Waals surface area contributed by atoms with Gasteiger partial charge in [-0.25, -0.2) is 0 Å². The van der Waals surface area contributed by atoms with Crippen LogP contribution in [-0.4, -0.2) is 19.0 Å². The SMILES string of the molecule is C[C@H](CCC#N)C1CCC2C3CC4C[C@H]5C4[C@](C)(CCC54OCCO4)C3CC[C@@]21C. The summed E-state index contributed by atoms with van der Waals surface area (Å²) in [5, 5.41) is 9.09. The first-order chi connectivity index (χ1) is 14.4. The van der Waals surface area contributed by atoms with Crippen LogP contribution in [0.5, 0.6) is 0 Å². The molecule has 6 rings (SSSR count). The van der Waals surface area contributed by atoms with Gasteiger partial charge in [0.05, 0.1) is 19.3 Å². The molecule has 6 fully saturated rings. The van der Waals surface area contributed by atoms with Crippen LogP contribution in [0, 0.1) is 69.5 Å². The molecule has 0 bridgehead atoms. The Morgan fingerprint density at radius 2 is 1.70 bits per heavy atom. The summed E-state index contributed by atoms with van der Waals surface area (Å²) in [6.07, 6.45) is 12.9. The molecule has 10 atom stereocenters. The van der Waals surface area contributed by atoms with Crippen LogP contribution in [0.25, 0.3) is 0 Å². The van der Waals surface area contributed by atoms with Crippen LogP contribution >= 0.6 is 0 Å². The lowest BCUT2D eigenvalue weighted by molar-refractivity contribution is -0.317. The van der Waals surface area contributed by atoms with E-state index < -0.39 is 0 Å². The molecule has 3 heteroatoms. The van der Waals surface area contributed by atoms with Crippen LogP contribution in [0.1, 0.15) is 85.0 Å². The Kier molecular flexibility index (Phi) is 4.48. The van der Waals surface area contributed by atoms with E-state index in [0.717, 1.165) is 68.0 Å². The van der Waals surface area contributed by atoms with Gasteiger partial charge in [-0.3, -0.25) is 0 Å². The Balaban J connectivity index is 1.25. The van der Waals surface area contributed by atoms with Crippen molar-refractivity contribution in [2.45, 2.75) is 90.8 Å². The lowest BCUT2D eigenvalue weighted by Gasteiger charge is -2.71. The van der Waals surface area contributed by atoms with Gasteiger partial charge in [0, 0.05) is 18.8 Å². The Labute approximate surface area is 183 Å². The van der Waals surface area contributed by atoms with E-state index >= 15 is 0 Å². The second-order valence-corrected chi connectivity index (χ2v) is 12.7. The van der Waals surface area contributed by atoms with Crippen molar-refractivity contribution in [2.24, 2.45) is 58.2 Å². The number of ether oxygens (including phenoxy) is 2. The molecule has 5 aliphatic carbocycles. The first-order valence-corrected chi connectivity index (χ1v) is 13.1. The van der Waals surface area contributed by atoms with Gasteiger partial charge in [-0.1, -0.05) is 20.8 Å². The van der Waals surface area contributed by atoms with E-state index in [1.54, 1.807) is 0 Å². The summed E-state index contributed by atoms with van der Waals surface area (Å²) in [4.78, 5) is 0. The molecule has 6 aliphatic rings. The molecule has 1 heterocycles. The standard InChI is InChI=1S/C27H41NO2/c1-17(5-4-12-28)20-6-7-21-19-15-18-16-23-24(18)26(3,22(19)8-9-25(20,21)2)10-11-27(23)29-13-14-30-27/h17-24H,4-11,13-16H2,1-3H3/t17-,18?,19?,20?,21?,22?,23+,24?,25-,26-/m1/s1. The van der Waals surface area contributed by atoms with Crippen molar-refractivity contribution < 1.29 is 9.47 Å². The minimum absolute atomic E-state index is 0.203. The number of fused-ring (bicyclic) bond motifs is 5. The van der Waals surface area contributed by atoms with E-state index in [9.17, 15) is 0 Å². The fraction of sp³-hybridized carbons (Fsp3) is 0.963. The molecule has 1 saturated heterocycles. The first-order valence-electron chi connectivity index (χ1n) is 13.1. The van der Waals surface area contributed by atoms with Crippen molar-refractivity contribution in [3.8, 4) is 6.07 Å². The van der Waals surface area contributed by atoms with Gasteiger partial charge in [0.25, 0.3) is 0 Å². The molecular weight excluding hydrogens is 370 g/mol. The van der Waals surface area contributed by atoms with Crippen molar-refractivity contribution >= 4 is 0 Å². The van der Waals surface area contributed by atoms with Crippen molar-refractivity contribution in [1.82, 2.24) is 0 Å². The lowest BCUT2D eigenvalue weighted by atomic mass is 9.35. The van der Waals surface area contributed by atoms with Gasteiger partial charge in [-0.05, 0) is 104 Å². The molecule has 3 nitrogen and oxygen atoms in total. The van der Waals surface area contributed by atoms with Crippen LogP contribution in [0.2, 0.25) is 0 Å². The molecule has 0 radical (unpaired) electrons. The number of hydrogen-bond acceptors (Lipinski definition) is 3. The van der Waals surface area contributed by atoms with E-state index in [0.29, 0.717) is 22.7 Å². The fourth-order valence-corrected chi connectivity index (χ4v) is 10.8. The molecule has 1 aliphatic heterocycles. The predicted octanol–water partition coefficient (Wildman–Crippen LogP) is 6.18. The van der Waals surface area contributed by atoms with Crippen LogP contribution in [0.4, 0.5) is 0 Å². The van der Waals surface area contributed by atoms with Gasteiger partial charge < -0.3 is 9.47 Å². The molecule has 1 spiro atoms. The minimum Gasteiger partial charge on any atom is -0.347 e. The third-order valence-corrected chi connectivity index (χ3v) is 11.9. The van der Waals surface area contributed by atoms with E-state index in [2.05, 4.69) is 26.8 Å². The zero-order valence-electron chi connectivity index (χ0n) is 19.4. The monoisotopic (exact) mass is 411 g/mol. The van der Waals surface area contributed by atoms with Crippen molar-refractivity contribution in [3.05, 3.63) is 0 Å². The van der Waals surface area contributed by atoms with Gasteiger partial charge in [0.1, 0.15) is 0 Å². The van der Waals surface area contributed by atoms with Gasteiger partial charge in [0.2, 0.25) is 0 Å². The summed E-state index contributed by atoms with van der Waals surface area (Å²) >= 11 is 0. The smallest absolute Gasteiger partial charge is 0.171 e. The summed E-state index contributed by atoms with van der Waals surface area (Å²) in [7, 11) is 0. The van der Waals surface area contributed by atoms with Gasteiger partial charge in [0.15, 0.2) is 5.79 Å². The lowest BCUT2D eigenvalue weighted by Crippen LogP contribution is -2.68. The van der Waals surface area contributed by atoms with E-state index in [1.807, 2.05) is 0 Å². The molecule has 0 aromatic carbocycles. The Morgan fingerprint density at radius 3 is 2.47 bits per heavy atom. The molecule has 30 heavy (non-hydrogen) atoms. The summed E-state index contributed by atoms with van der Waals surface area (Å²) in [6, 6.07) is 2.40. The van der Waals surface area contributed by atoms with Gasteiger partial charge in [-0.2, -0.15) is 5.26 Å². The molecule has 0 aromatic rings. The van der Waals surface area contributed by atoms with E-state index in [-0.39, 0.29) is 5.79 Å². The molecule has 5 saturated carbocycles. The molecule has 166 valence electrons. The van der Waals surface area contributed by atoms with Crippen LogP contribution in [0.3, 0.4) is 0 Å². The minimum atomic E-state index is -0.203. The highest BCUT2D eigenvalue weighted by molar-refractivity contribution is 5.17. The largest absolute Gasteiger partial charge is 0.347 e. The zero-order chi connectivity index (χ0) is 20.7. The second kappa shape index (κ2) is 6.71. The Hall–Kier alpha value is -0.590.